The number of fused-ring (bicyclic) bond motifs is 1. The number of imide groups is 1. The number of hydrogen-bond acceptors (Lipinski definition) is 7. The van der Waals surface area contributed by atoms with Gasteiger partial charge in [0.2, 0.25) is 11.8 Å². The topological polar surface area (TPSA) is 116 Å². The van der Waals surface area contributed by atoms with Gasteiger partial charge in [0.25, 0.3) is 5.91 Å². The maximum atomic E-state index is 12.8. The van der Waals surface area contributed by atoms with Gasteiger partial charge in [0.15, 0.2) is 9.84 Å². The van der Waals surface area contributed by atoms with E-state index in [1.54, 1.807) is 6.07 Å². The third-order valence-electron chi connectivity index (χ3n) is 6.59. The average Bonchev–Trinajstić information content (AvgIpc) is 2.91. The smallest absolute Gasteiger partial charge is 0.255 e. The largest absolute Gasteiger partial charge is 0.322 e. The summed E-state index contributed by atoms with van der Waals surface area (Å²) in [4.78, 5) is 39.9. The summed E-state index contributed by atoms with van der Waals surface area (Å²) in [5.41, 5.74) is 2.48. The van der Waals surface area contributed by atoms with E-state index in [0.29, 0.717) is 51.3 Å². The fourth-order valence-electron chi connectivity index (χ4n) is 4.61. The van der Waals surface area contributed by atoms with Crippen molar-refractivity contribution < 1.29 is 22.8 Å². The van der Waals surface area contributed by atoms with Crippen molar-refractivity contribution in [3.05, 3.63) is 34.9 Å². The van der Waals surface area contributed by atoms with E-state index in [1.807, 2.05) is 12.1 Å². The highest BCUT2D eigenvalue weighted by molar-refractivity contribution is 7.92. The Kier molecular flexibility index (Phi) is 4.68. The fraction of sp³-hybridized carbons (Fsp3) is 0.550. The maximum Gasteiger partial charge on any atom is 0.255 e. The molecule has 0 saturated carbocycles. The molecule has 4 heterocycles. The second-order valence-corrected chi connectivity index (χ2v) is 11.1. The number of nitrogens with one attached hydrogen (secondary N) is 2. The molecule has 1 unspecified atom stereocenters. The van der Waals surface area contributed by atoms with Gasteiger partial charge in [-0.1, -0.05) is 12.1 Å². The molecule has 3 saturated heterocycles. The molecule has 3 fully saturated rings. The molecule has 0 aromatic heterocycles. The van der Waals surface area contributed by atoms with Crippen LogP contribution in [0.1, 0.15) is 34.3 Å². The third-order valence-corrected chi connectivity index (χ3v) is 9.08. The number of amides is 3. The Morgan fingerprint density at radius 3 is 2.50 bits per heavy atom. The number of benzene rings is 1. The molecular formula is C20H24N4O5S. The Hall–Kier alpha value is -2.30. The molecule has 160 valence electrons. The second kappa shape index (κ2) is 7.14. The number of carbonyl (C=O) groups is 3. The van der Waals surface area contributed by atoms with Gasteiger partial charge in [-0.25, -0.2) is 8.42 Å². The SMILES string of the molecule is O=C1CCC(N2Cc3cc(CN4CC(S(=O)(=O)C5CNC5)C4)ccc3C2=O)C(=O)N1. The zero-order chi connectivity index (χ0) is 21.0. The lowest BCUT2D eigenvalue weighted by Gasteiger charge is -2.42. The Balaban J connectivity index is 1.22. The van der Waals surface area contributed by atoms with Crippen molar-refractivity contribution in [1.29, 1.82) is 0 Å². The average molecular weight is 433 g/mol. The molecule has 1 aromatic carbocycles. The van der Waals surface area contributed by atoms with Crippen molar-refractivity contribution in [3.63, 3.8) is 0 Å². The van der Waals surface area contributed by atoms with E-state index in [1.165, 1.54) is 4.90 Å². The van der Waals surface area contributed by atoms with Crippen LogP contribution in [0.2, 0.25) is 0 Å². The highest BCUT2D eigenvalue weighted by atomic mass is 32.2. The third kappa shape index (κ3) is 3.23. The van der Waals surface area contributed by atoms with Crippen molar-refractivity contribution in [1.82, 2.24) is 20.4 Å². The van der Waals surface area contributed by atoms with Crippen molar-refractivity contribution in [2.45, 2.75) is 42.5 Å². The molecule has 4 aliphatic heterocycles. The Morgan fingerprint density at radius 2 is 1.83 bits per heavy atom. The molecular weight excluding hydrogens is 408 g/mol. The van der Waals surface area contributed by atoms with Crippen molar-refractivity contribution >= 4 is 27.6 Å². The van der Waals surface area contributed by atoms with E-state index >= 15 is 0 Å². The molecule has 2 N–H and O–H groups in total. The first kappa shape index (κ1) is 19.7. The molecule has 4 aliphatic rings. The van der Waals surface area contributed by atoms with Gasteiger partial charge in [-0.05, 0) is 23.6 Å². The van der Waals surface area contributed by atoms with Crippen LogP contribution in [0.25, 0.3) is 0 Å². The Morgan fingerprint density at radius 1 is 1.07 bits per heavy atom. The predicted octanol–water partition coefficient (Wildman–Crippen LogP) is -0.982. The van der Waals surface area contributed by atoms with E-state index < -0.39 is 21.8 Å². The predicted molar refractivity (Wildman–Crippen MR) is 107 cm³/mol. The molecule has 0 radical (unpaired) electrons. The van der Waals surface area contributed by atoms with E-state index in [-0.39, 0.29) is 28.7 Å². The first-order chi connectivity index (χ1) is 14.3. The molecule has 10 heteroatoms. The summed E-state index contributed by atoms with van der Waals surface area (Å²) >= 11 is 0. The van der Waals surface area contributed by atoms with Crippen molar-refractivity contribution in [2.75, 3.05) is 26.2 Å². The monoisotopic (exact) mass is 432 g/mol. The minimum atomic E-state index is -3.05. The maximum absolute atomic E-state index is 12.8. The van der Waals surface area contributed by atoms with Crippen LogP contribution in [0.3, 0.4) is 0 Å². The molecule has 1 aromatic rings. The molecule has 3 amide bonds. The Labute approximate surface area is 174 Å². The zero-order valence-electron chi connectivity index (χ0n) is 16.5. The molecule has 0 spiro atoms. The number of carbonyl (C=O) groups excluding carboxylic acids is 3. The quantitative estimate of drug-likeness (QED) is 0.575. The van der Waals surface area contributed by atoms with Gasteiger partial charge in [0.05, 0.1) is 10.5 Å². The highest BCUT2D eigenvalue weighted by Gasteiger charge is 2.44. The van der Waals surface area contributed by atoms with E-state index in [9.17, 15) is 22.8 Å². The summed E-state index contributed by atoms with van der Waals surface area (Å²) in [6, 6.07) is 5.03. The van der Waals surface area contributed by atoms with Gasteiger partial charge in [0, 0.05) is 51.3 Å². The summed E-state index contributed by atoms with van der Waals surface area (Å²) in [7, 11) is -3.05. The van der Waals surface area contributed by atoms with E-state index in [0.717, 1.165) is 11.1 Å². The molecule has 0 aliphatic carbocycles. The number of sulfone groups is 1. The van der Waals surface area contributed by atoms with Crippen LogP contribution in [0.15, 0.2) is 18.2 Å². The van der Waals surface area contributed by atoms with Crippen LogP contribution in [-0.2, 0) is 32.5 Å². The van der Waals surface area contributed by atoms with Crippen LogP contribution in [-0.4, -0.2) is 78.7 Å². The molecule has 5 rings (SSSR count). The van der Waals surface area contributed by atoms with Crippen LogP contribution in [0.5, 0.6) is 0 Å². The number of rotatable bonds is 5. The van der Waals surface area contributed by atoms with Gasteiger partial charge in [-0.3, -0.25) is 24.6 Å². The molecule has 30 heavy (non-hydrogen) atoms. The number of hydrogen-bond donors (Lipinski definition) is 2. The first-order valence-electron chi connectivity index (χ1n) is 10.2. The van der Waals surface area contributed by atoms with Gasteiger partial charge in [0.1, 0.15) is 6.04 Å². The summed E-state index contributed by atoms with van der Waals surface area (Å²) in [6.45, 7) is 3.17. The normalized spacial score (nSPS) is 25.7. The number of nitrogens with zero attached hydrogens (tertiary/aromatic N) is 2. The Bertz CT molecular complexity index is 1030. The van der Waals surface area contributed by atoms with Crippen LogP contribution in [0, 0.1) is 0 Å². The molecule has 1 atom stereocenters. The van der Waals surface area contributed by atoms with Crippen LogP contribution < -0.4 is 10.6 Å². The number of likely N-dealkylation sites (tertiary alicyclic amines) is 1. The number of piperidine rings is 1. The van der Waals surface area contributed by atoms with E-state index in [4.69, 9.17) is 0 Å². The lowest BCUT2D eigenvalue weighted by Crippen LogP contribution is -2.62. The van der Waals surface area contributed by atoms with Crippen LogP contribution in [0.4, 0.5) is 0 Å². The molecule has 9 nitrogen and oxygen atoms in total. The standard InChI is InChI=1S/C20H24N4O5S/c25-18-4-3-17(19(26)22-18)24-9-13-5-12(1-2-16(13)20(24)27)8-23-10-15(11-23)30(28,29)14-6-21-7-14/h1-2,5,14-15,17,21H,3-4,6-11H2,(H,22,25,26). The zero-order valence-corrected chi connectivity index (χ0v) is 17.3. The minimum absolute atomic E-state index is 0.185. The first-order valence-corrected chi connectivity index (χ1v) is 11.9. The summed E-state index contributed by atoms with van der Waals surface area (Å²) < 4.78 is 24.9. The second-order valence-electron chi connectivity index (χ2n) is 8.58. The summed E-state index contributed by atoms with van der Waals surface area (Å²) in [6.07, 6.45) is 0.579. The lowest BCUT2D eigenvalue weighted by atomic mass is 10.0. The van der Waals surface area contributed by atoms with Gasteiger partial charge >= 0.3 is 0 Å². The van der Waals surface area contributed by atoms with Gasteiger partial charge < -0.3 is 10.2 Å². The van der Waals surface area contributed by atoms with Crippen molar-refractivity contribution in [3.8, 4) is 0 Å². The van der Waals surface area contributed by atoms with Gasteiger partial charge in [-0.15, -0.1) is 0 Å². The molecule has 0 bridgehead atoms. The minimum Gasteiger partial charge on any atom is -0.322 e. The van der Waals surface area contributed by atoms with Crippen LogP contribution >= 0.6 is 0 Å². The summed E-state index contributed by atoms with van der Waals surface area (Å²) in [5.74, 6) is -0.900. The van der Waals surface area contributed by atoms with Crippen molar-refractivity contribution in [2.24, 2.45) is 0 Å². The van der Waals surface area contributed by atoms with Gasteiger partial charge in [-0.2, -0.15) is 0 Å². The van der Waals surface area contributed by atoms with E-state index in [2.05, 4.69) is 15.5 Å². The summed E-state index contributed by atoms with van der Waals surface area (Å²) in [5, 5.41) is 4.79. The fourth-order valence-corrected chi connectivity index (χ4v) is 6.69. The lowest BCUT2D eigenvalue weighted by molar-refractivity contribution is -0.136. The highest BCUT2D eigenvalue weighted by Crippen LogP contribution is 2.29.